The van der Waals surface area contributed by atoms with Gasteiger partial charge in [-0.25, -0.2) is 8.91 Å². The van der Waals surface area contributed by atoms with Gasteiger partial charge in [0.15, 0.2) is 11.2 Å². The number of rotatable bonds is 4. The molecule has 0 aliphatic rings. The smallest absolute Gasteiger partial charge is 0.280 e. The van der Waals surface area contributed by atoms with Crippen LogP contribution in [0, 0.1) is 12.7 Å². The van der Waals surface area contributed by atoms with E-state index in [0.717, 1.165) is 28.1 Å². The van der Waals surface area contributed by atoms with E-state index >= 15 is 0 Å². The van der Waals surface area contributed by atoms with Gasteiger partial charge in [0.05, 0.1) is 24.9 Å². The summed E-state index contributed by atoms with van der Waals surface area (Å²) in [6.07, 6.45) is 1.73. The summed E-state index contributed by atoms with van der Waals surface area (Å²) in [5, 5.41) is 13.1. The van der Waals surface area contributed by atoms with E-state index in [0.29, 0.717) is 17.7 Å². The van der Waals surface area contributed by atoms with Gasteiger partial charge in [-0.15, -0.1) is 10.2 Å². The number of aromatic nitrogens is 5. The largest absolute Gasteiger partial charge is 0.497 e. The molecule has 154 valence electrons. The molecule has 8 heteroatoms. The number of pyridine rings is 1. The van der Waals surface area contributed by atoms with Gasteiger partial charge >= 0.3 is 0 Å². The maximum atomic E-state index is 13.3. The first kappa shape index (κ1) is 18.9. The van der Waals surface area contributed by atoms with Crippen LogP contribution in [0.4, 0.5) is 4.39 Å². The highest BCUT2D eigenvalue weighted by molar-refractivity contribution is 5.84. The predicted molar refractivity (Wildman–Crippen MR) is 115 cm³/mol. The zero-order valence-corrected chi connectivity index (χ0v) is 16.9. The molecule has 0 spiro atoms. The Balaban J connectivity index is 1.61. The van der Waals surface area contributed by atoms with Crippen LogP contribution in [0.25, 0.3) is 27.8 Å². The van der Waals surface area contributed by atoms with E-state index in [9.17, 15) is 9.18 Å². The molecule has 0 bridgehead atoms. The molecule has 0 fully saturated rings. The Hall–Kier alpha value is -4.07. The summed E-state index contributed by atoms with van der Waals surface area (Å²) in [6.45, 7) is 2.25. The lowest BCUT2D eigenvalue weighted by Crippen LogP contribution is -2.22. The van der Waals surface area contributed by atoms with Crippen molar-refractivity contribution >= 4 is 16.7 Å². The van der Waals surface area contributed by atoms with Crippen LogP contribution in [0.2, 0.25) is 0 Å². The van der Waals surface area contributed by atoms with Crippen molar-refractivity contribution < 1.29 is 9.13 Å². The van der Waals surface area contributed by atoms with Gasteiger partial charge in [0, 0.05) is 6.20 Å². The van der Waals surface area contributed by atoms with E-state index in [1.807, 2.05) is 37.3 Å². The second-order valence-corrected chi connectivity index (χ2v) is 7.23. The molecule has 0 N–H and O–H groups in total. The molecule has 0 saturated heterocycles. The van der Waals surface area contributed by atoms with Crippen LogP contribution in [0.5, 0.6) is 5.75 Å². The molecular weight excluding hydrogens is 397 g/mol. The standard InChI is InChI=1S/C23H18FN5O2/c1-14-20(16-5-7-17(24)8-6-16)22-26-25-21-19(29(22)27-14)11-12-28(23(21)30)13-15-3-9-18(31-2)10-4-15/h3-12H,13H2,1-2H3. The molecule has 0 unspecified atom stereocenters. The number of fused-ring (bicyclic) bond motifs is 3. The summed E-state index contributed by atoms with van der Waals surface area (Å²) in [5.41, 5.74) is 4.30. The maximum Gasteiger partial charge on any atom is 0.280 e. The lowest BCUT2D eigenvalue weighted by Gasteiger charge is -2.08. The summed E-state index contributed by atoms with van der Waals surface area (Å²) in [4.78, 5) is 13.1. The first-order chi connectivity index (χ1) is 15.0. The number of benzene rings is 2. The molecule has 0 amide bonds. The van der Waals surface area contributed by atoms with Gasteiger partial charge in [-0.3, -0.25) is 4.79 Å². The minimum absolute atomic E-state index is 0.233. The third-order valence-corrected chi connectivity index (χ3v) is 5.27. The Bertz CT molecular complexity index is 1470. The molecular formula is C23H18FN5O2. The summed E-state index contributed by atoms with van der Waals surface area (Å²) in [6, 6.07) is 15.5. The Morgan fingerprint density at radius 2 is 1.74 bits per heavy atom. The van der Waals surface area contributed by atoms with Gasteiger partial charge < -0.3 is 9.30 Å². The van der Waals surface area contributed by atoms with Crippen LogP contribution >= 0.6 is 0 Å². The van der Waals surface area contributed by atoms with Gasteiger partial charge in [0.1, 0.15) is 17.1 Å². The van der Waals surface area contributed by atoms with Crippen LogP contribution in [0.1, 0.15) is 11.3 Å². The van der Waals surface area contributed by atoms with Crippen molar-refractivity contribution in [1.82, 2.24) is 24.4 Å². The maximum absolute atomic E-state index is 13.3. The van der Waals surface area contributed by atoms with Gasteiger partial charge in [-0.2, -0.15) is 5.10 Å². The van der Waals surface area contributed by atoms with E-state index in [4.69, 9.17) is 4.74 Å². The summed E-state index contributed by atoms with van der Waals surface area (Å²) in [7, 11) is 1.61. The van der Waals surface area contributed by atoms with Crippen LogP contribution in [0.3, 0.4) is 0 Å². The van der Waals surface area contributed by atoms with Crippen LogP contribution in [-0.4, -0.2) is 31.5 Å². The first-order valence-electron chi connectivity index (χ1n) is 9.69. The number of ether oxygens (including phenoxy) is 1. The number of aryl methyl sites for hydroxylation is 1. The average molecular weight is 415 g/mol. The quantitative estimate of drug-likeness (QED) is 0.448. The molecule has 0 atom stereocenters. The number of methoxy groups -OCH3 is 1. The van der Waals surface area contributed by atoms with E-state index in [-0.39, 0.29) is 16.9 Å². The van der Waals surface area contributed by atoms with E-state index in [1.165, 1.54) is 12.1 Å². The molecule has 0 aliphatic carbocycles. The highest BCUT2D eigenvalue weighted by Gasteiger charge is 2.17. The summed E-state index contributed by atoms with van der Waals surface area (Å²) < 4.78 is 21.7. The third-order valence-electron chi connectivity index (χ3n) is 5.27. The average Bonchev–Trinajstić information content (AvgIpc) is 3.13. The number of hydrogen-bond donors (Lipinski definition) is 0. The lowest BCUT2D eigenvalue weighted by atomic mass is 10.1. The highest BCUT2D eigenvalue weighted by Crippen LogP contribution is 2.28. The van der Waals surface area contributed by atoms with Gasteiger partial charge in [0.2, 0.25) is 0 Å². The summed E-state index contributed by atoms with van der Waals surface area (Å²) >= 11 is 0. The number of halogens is 1. The molecule has 7 nitrogen and oxygen atoms in total. The van der Waals surface area contributed by atoms with Crippen molar-refractivity contribution in [3.63, 3.8) is 0 Å². The zero-order chi connectivity index (χ0) is 21.5. The van der Waals surface area contributed by atoms with Crippen LogP contribution in [-0.2, 0) is 6.54 Å². The number of nitrogens with zero attached hydrogens (tertiary/aromatic N) is 5. The molecule has 3 heterocycles. The fraction of sp³-hybridized carbons (Fsp3) is 0.130. The fourth-order valence-electron chi connectivity index (χ4n) is 3.70. The van der Waals surface area contributed by atoms with E-state index < -0.39 is 0 Å². The molecule has 0 aliphatic heterocycles. The van der Waals surface area contributed by atoms with Crippen molar-refractivity contribution in [2.45, 2.75) is 13.5 Å². The van der Waals surface area contributed by atoms with E-state index in [2.05, 4.69) is 15.3 Å². The van der Waals surface area contributed by atoms with Crippen molar-refractivity contribution in [1.29, 1.82) is 0 Å². The third kappa shape index (κ3) is 3.22. The Labute approximate surface area is 176 Å². The second-order valence-electron chi connectivity index (χ2n) is 7.23. The SMILES string of the molecule is COc1ccc(Cn2ccc3c(nnc4c(-c5ccc(F)cc5)c(C)nn43)c2=O)cc1. The molecule has 0 saturated carbocycles. The fourth-order valence-corrected chi connectivity index (χ4v) is 3.70. The molecule has 31 heavy (non-hydrogen) atoms. The van der Waals surface area contributed by atoms with Crippen molar-refractivity contribution in [2.75, 3.05) is 7.11 Å². The molecule has 5 rings (SSSR count). The first-order valence-corrected chi connectivity index (χ1v) is 9.69. The summed E-state index contributed by atoms with van der Waals surface area (Å²) in [5.74, 6) is 0.445. The van der Waals surface area contributed by atoms with Crippen LogP contribution < -0.4 is 10.3 Å². The molecule has 0 radical (unpaired) electrons. The molecule has 5 aromatic rings. The van der Waals surface area contributed by atoms with Crippen molar-refractivity contribution in [3.05, 3.63) is 88.2 Å². The van der Waals surface area contributed by atoms with Crippen molar-refractivity contribution in [3.8, 4) is 16.9 Å². The second kappa shape index (κ2) is 7.32. The minimum atomic E-state index is -0.313. The normalized spacial score (nSPS) is 11.3. The van der Waals surface area contributed by atoms with Gasteiger partial charge in [0.25, 0.3) is 5.56 Å². The Morgan fingerprint density at radius 3 is 2.45 bits per heavy atom. The molecule has 3 aromatic heterocycles. The van der Waals surface area contributed by atoms with Crippen molar-refractivity contribution in [2.24, 2.45) is 0 Å². The van der Waals surface area contributed by atoms with E-state index in [1.54, 1.807) is 34.5 Å². The lowest BCUT2D eigenvalue weighted by molar-refractivity contribution is 0.414. The van der Waals surface area contributed by atoms with Crippen LogP contribution in [0.15, 0.2) is 65.6 Å². The Kier molecular flexibility index (Phi) is 4.47. The highest BCUT2D eigenvalue weighted by atomic mass is 19.1. The topological polar surface area (TPSA) is 74.3 Å². The predicted octanol–water partition coefficient (Wildman–Crippen LogP) is 3.61. The van der Waals surface area contributed by atoms with Gasteiger partial charge in [-0.1, -0.05) is 24.3 Å². The zero-order valence-electron chi connectivity index (χ0n) is 16.9. The monoisotopic (exact) mass is 415 g/mol. The Morgan fingerprint density at radius 1 is 1.00 bits per heavy atom. The molecule has 2 aromatic carbocycles. The minimum Gasteiger partial charge on any atom is -0.497 e. The van der Waals surface area contributed by atoms with Gasteiger partial charge in [-0.05, 0) is 48.4 Å². The number of hydrogen-bond acceptors (Lipinski definition) is 5.